The van der Waals surface area contributed by atoms with E-state index in [2.05, 4.69) is 38.1 Å². The van der Waals surface area contributed by atoms with Crippen LogP contribution >= 0.6 is 34.2 Å². The van der Waals surface area contributed by atoms with E-state index in [1.807, 2.05) is 6.07 Å². The van der Waals surface area contributed by atoms with Gasteiger partial charge in [0.1, 0.15) is 5.82 Å². The van der Waals surface area contributed by atoms with Crippen LogP contribution in [0.2, 0.25) is 5.02 Å². The van der Waals surface area contributed by atoms with Crippen LogP contribution in [-0.2, 0) is 0 Å². The molecule has 2 aromatic rings. The second-order valence-electron chi connectivity index (χ2n) is 3.42. The van der Waals surface area contributed by atoms with Crippen molar-refractivity contribution in [2.75, 3.05) is 11.1 Å². The highest BCUT2D eigenvalue weighted by atomic mass is 127. The normalized spacial score (nSPS) is 10.1. The number of rotatable bonds is 2. The van der Waals surface area contributed by atoms with Gasteiger partial charge in [-0.1, -0.05) is 11.6 Å². The first-order chi connectivity index (χ1) is 8.56. The van der Waals surface area contributed by atoms with E-state index in [1.54, 1.807) is 12.1 Å². The summed E-state index contributed by atoms with van der Waals surface area (Å²) in [6.45, 7) is 0. The Balaban J connectivity index is 2.18. The van der Waals surface area contributed by atoms with E-state index in [0.29, 0.717) is 10.7 Å². The van der Waals surface area contributed by atoms with E-state index in [9.17, 15) is 4.79 Å². The van der Waals surface area contributed by atoms with E-state index >= 15 is 0 Å². The molecule has 0 fully saturated rings. The molecule has 0 aliphatic heterocycles. The summed E-state index contributed by atoms with van der Waals surface area (Å²) in [5.41, 5.74) is 6.10. The molecular weight excluding hydrogens is 367 g/mol. The Bertz CT molecular complexity index is 588. The van der Waals surface area contributed by atoms with Crippen molar-refractivity contribution >= 4 is 51.6 Å². The van der Waals surface area contributed by atoms with Gasteiger partial charge in [-0.25, -0.2) is 0 Å². The second kappa shape index (κ2) is 5.49. The Labute approximate surface area is 122 Å². The van der Waals surface area contributed by atoms with E-state index in [0.717, 1.165) is 3.57 Å². The number of hydrogen-bond acceptors (Lipinski definition) is 4. The molecule has 1 heterocycles. The van der Waals surface area contributed by atoms with Crippen molar-refractivity contribution < 1.29 is 4.79 Å². The molecular formula is C11H8ClIN4O. The van der Waals surface area contributed by atoms with Gasteiger partial charge in [-0.3, -0.25) is 4.79 Å². The fraction of sp³-hybridized carbons (Fsp3) is 0. The summed E-state index contributed by atoms with van der Waals surface area (Å²) in [4.78, 5) is 11.8. The molecule has 0 aliphatic carbocycles. The summed E-state index contributed by atoms with van der Waals surface area (Å²) >= 11 is 8.15. The van der Waals surface area contributed by atoms with Gasteiger partial charge in [0, 0.05) is 3.57 Å². The van der Waals surface area contributed by atoms with Gasteiger partial charge < -0.3 is 11.1 Å². The topological polar surface area (TPSA) is 80.9 Å². The number of nitrogens with two attached hydrogens (primary N) is 1. The molecule has 92 valence electrons. The van der Waals surface area contributed by atoms with Crippen molar-refractivity contribution in [2.45, 2.75) is 0 Å². The average Bonchev–Trinajstić information content (AvgIpc) is 2.33. The molecule has 0 radical (unpaired) electrons. The van der Waals surface area contributed by atoms with Gasteiger partial charge in [-0.05, 0) is 52.9 Å². The summed E-state index contributed by atoms with van der Waals surface area (Å²) < 4.78 is 0.989. The zero-order valence-corrected chi connectivity index (χ0v) is 11.9. The molecule has 1 aromatic heterocycles. The molecule has 1 aromatic carbocycles. The van der Waals surface area contributed by atoms with Crippen molar-refractivity contribution in [1.29, 1.82) is 0 Å². The summed E-state index contributed by atoms with van der Waals surface area (Å²) in [6.07, 6.45) is 0. The number of carbonyl (C=O) groups excluding carboxylic acids is 1. The van der Waals surface area contributed by atoms with Gasteiger partial charge in [0.15, 0.2) is 5.69 Å². The smallest absolute Gasteiger partial charge is 0.276 e. The minimum atomic E-state index is -0.384. The molecule has 0 aliphatic rings. The van der Waals surface area contributed by atoms with Crippen molar-refractivity contribution in [3.63, 3.8) is 0 Å². The SMILES string of the molecule is Nc1ccc(C(=O)Nc2ccc(I)cc2Cl)nn1. The highest BCUT2D eigenvalue weighted by molar-refractivity contribution is 14.1. The van der Waals surface area contributed by atoms with Crippen LogP contribution in [0.25, 0.3) is 0 Å². The Morgan fingerprint density at radius 3 is 2.67 bits per heavy atom. The molecule has 0 spiro atoms. The van der Waals surface area contributed by atoms with E-state index in [4.69, 9.17) is 17.3 Å². The summed E-state index contributed by atoms with van der Waals surface area (Å²) in [6, 6.07) is 8.34. The number of anilines is 2. The van der Waals surface area contributed by atoms with Crippen molar-refractivity contribution in [3.8, 4) is 0 Å². The van der Waals surface area contributed by atoms with Crippen LogP contribution in [0, 0.1) is 3.57 Å². The van der Waals surface area contributed by atoms with Gasteiger partial charge in [-0.2, -0.15) is 0 Å². The molecule has 0 bridgehead atoms. The Morgan fingerprint density at radius 1 is 1.28 bits per heavy atom. The molecule has 0 saturated carbocycles. The Hall–Kier alpha value is -1.41. The van der Waals surface area contributed by atoms with Gasteiger partial charge in [0.05, 0.1) is 10.7 Å². The van der Waals surface area contributed by atoms with Crippen LogP contribution in [0.3, 0.4) is 0 Å². The van der Waals surface area contributed by atoms with Crippen LogP contribution in [0.1, 0.15) is 10.5 Å². The first-order valence-corrected chi connectivity index (χ1v) is 6.37. The fourth-order valence-electron chi connectivity index (χ4n) is 1.24. The molecule has 3 N–H and O–H groups in total. The van der Waals surface area contributed by atoms with Crippen LogP contribution in [-0.4, -0.2) is 16.1 Å². The third kappa shape index (κ3) is 3.08. The zero-order chi connectivity index (χ0) is 13.1. The van der Waals surface area contributed by atoms with Gasteiger partial charge in [-0.15, -0.1) is 10.2 Å². The lowest BCUT2D eigenvalue weighted by Gasteiger charge is -2.06. The molecule has 18 heavy (non-hydrogen) atoms. The van der Waals surface area contributed by atoms with Gasteiger partial charge in [0.25, 0.3) is 5.91 Å². The predicted molar refractivity (Wildman–Crippen MR) is 78.6 cm³/mol. The molecule has 7 heteroatoms. The fourth-order valence-corrected chi connectivity index (χ4v) is 2.14. The van der Waals surface area contributed by atoms with Crippen LogP contribution < -0.4 is 11.1 Å². The highest BCUT2D eigenvalue weighted by Gasteiger charge is 2.10. The molecule has 0 unspecified atom stereocenters. The van der Waals surface area contributed by atoms with Crippen molar-refractivity contribution in [1.82, 2.24) is 10.2 Å². The number of benzene rings is 1. The predicted octanol–water partition coefficient (Wildman–Crippen LogP) is 2.57. The number of carbonyl (C=O) groups is 1. The third-order valence-electron chi connectivity index (χ3n) is 2.10. The monoisotopic (exact) mass is 374 g/mol. The number of amides is 1. The maximum Gasteiger partial charge on any atom is 0.276 e. The minimum absolute atomic E-state index is 0.179. The quantitative estimate of drug-likeness (QED) is 0.792. The Kier molecular flexibility index (Phi) is 3.97. The molecule has 1 amide bonds. The number of nitrogens with zero attached hydrogens (tertiary/aromatic N) is 2. The largest absolute Gasteiger partial charge is 0.382 e. The molecule has 2 rings (SSSR count). The number of aromatic nitrogens is 2. The maximum atomic E-state index is 11.8. The molecule has 5 nitrogen and oxygen atoms in total. The number of hydrogen-bond donors (Lipinski definition) is 2. The first-order valence-electron chi connectivity index (χ1n) is 4.92. The molecule has 0 atom stereocenters. The van der Waals surface area contributed by atoms with E-state index < -0.39 is 0 Å². The van der Waals surface area contributed by atoms with Gasteiger partial charge in [0.2, 0.25) is 0 Å². The lowest BCUT2D eigenvalue weighted by Crippen LogP contribution is -2.14. The second-order valence-corrected chi connectivity index (χ2v) is 5.07. The van der Waals surface area contributed by atoms with Crippen molar-refractivity contribution in [2.24, 2.45) is 0 Å². The third-order valence-corrected chi connectivity index (χ3v) is 3.08. The lowest BCUT2D eigenvalue weighted by atomic mass is 10.3. The average molecular weight is 375 g/mol. The minimum Gasteiger partial charge on any atom is -0.382 e. The van der Waals surface area contributed by atoms with Crippen LogP contribution in [0.5, 0.6) is 0 Å². The van der Waals surface area contributed by atoms with Crippen LogP contribution in [0.15, 0.2) is 30.3 Å². The lowest BCUT2D eigenvalue weighted by molar-refractivity contribution is 0.102. The van der Waals surface area contributed by atoms with Crippen LogP contribution in [0.4, 0.5) is 11.5 Å². The summed E-state index contributed by atoms with van der Waals surface area (Å²) in [5, 5.41) is 10.4. The molecule has 0 saturated heterocycles. The summed E-state index contributed by atoms with van der Waals surface area (Å²) in [5.74, 6) is -0.121. The Morgan fingerprint density at radius 2 is 2.06 bits per heavy atom. The highest BCUT2D eigenvalue weighted by Crippen LogP contribution is 2.24. The van der Waals surface area contributed by atoms with E-state index in [-0.39, 0.29) is 17.4 Å². The van der Waals surface area contributed by atoms with E-state index in [1.165, 1.54) is 12.1 Å². The summed E-state index contributed by atoms with van der Waals surface area (Å²) in [7, 11) is 0. The number of nitrogen functional groups attached to an aromatic ring is 1. The van der Waals surface area contributed by atoms with Gasteiger partial charge >= 0.3 is 0 Å². The number of halogens is 2. The first kappa shape index (κ1) is 13.0. The zero-order valence-electron chi connectivity index (χ0n) is 9.02. The van der Waals surface area contributed by atoms with Crippen molar-refractivity contribution in [3.05, 3.63) is 44.6 Å². The maximum absolute atomic E-state index is 11.8. The standard InChI is InChI=1S/C11H8ClIN4O/c12-7-5-6(13)1-2-8(7)15-11(18)9-3-4-10(14)17-16-9/h1-5H,(H2,14,17)(H,15,18). The number of nitrogens with one attached hydrogen (secondary N) is 1.